The lowest BCUT2D eigenvalue weighted by molar-refractivity contribution is -0.116. The molecule has 0 aliphatic heterocycles. The molecule has 1 heterocycles. The molecule has 1 aliphatic rings. The zero-order valence-electron chi connectivity index (χ0n) is 13.5. The van der Waals surface area contributed by atoms with Crippen molar-refractivity contribution in [3.05, 3.63) is 59.7 Å². The lowest BCUT2D eigenvalue weighted by atomic mass is 9.79. The Kier molecular flexibility index (Phi) is 5.30. The average molecular weight is 345 g/mol. The van der Waals surface area contributed by atoms with Crippen LogP contribution in [0.4, 0.5) is 0 Å². The number of carbonyl (C=O) groups is 1. The minimum atomic E-state index is -0.0802. The smallest absolute Gasteiger partial charge is 0.243 e. The van der Waals surface area contributed by atoms with E-state index < -0.39 is 0 Å². The molecule has 6 heteroatoms. The highest BCUT2D eigenvalue weighted by atomic mass is 35.5. The highest BCUT2D eigenvalue weighted by Gasteiger charge is 2.35. The first-order valence-corrected chi connectivity index (χ1v) is 8.59. The van der Waals surface area contributed by atoms with E-state index in [0.717, 1.165) is 17.9 Å². The van der Waals surface area contributed by atoms with Crippen molar-refractivity contribution in [3.63, 3.8) is 0 Å². The number of benzene rings is 1. The molecule has 1 amide bonds. The fourth-order valence-corrected chi connectivity index (χ4v) is 3.54. The van der Waals surface area contributed by atoms with Crippen molar-refractivity contribution in [2.75, 3.05) is 6.54 Å². The van der Waals surface area contributed by atoms with Gasteiger partial charge in [0, 0.05) is 23.1 Å². The van der Waals surface area contributed by atoms with Crippen LogP contribution in [-0.4, -0.2) is 27.2 Å². The number of nitrogens with one attached hydrogen (secondary N) is 1. The Morgan fingerprint density at radius 2 is 2.21 bits per heavy atom. The summed E-state index contributed by atoms with van der Waals surface area (Å²) < 4.78 is 1.66. The van der Waals surface area contributed by atoms with E-state index in [1.807, 2.05) is 18.2 Å². The summed E-state index contributed by atoms with van der Waals surface area (Å²) in [5.41, 5.74) is 1.22. The molecular formula is C18H21ClN4O. The van der Waals surface area contributed by atoms with Crippen LogP contribution in [0.5, 0.6) is 0 Å². The molecule has 2 aromatic rings. The minimum Gasteiger partial charge on any atom is -0.352 e. The molecule has 0 saturated heterocycles. The summed E-state index contributed by atoms with van der Waals surface area (Å²) in [7, 11) is 0. The third-order valence-corrected chi connectivity index (χ3v) is 4.86. The largest absolute Gasteiger partial charge is 0.352 e. The summed E-state index contributed by atoms with van der Waals surface area (Å²) in [6.07, 6.45) is 11.0. The van der Waals surface area contributed by atoms with Crippen LogP contribution in [0.1, 0.15) is 31.2 Å². The van der Waals surface area contributed by atoms with Crippen molar-refractivity contribution in [2.24, 2.45) is 0 Å². The van der Waals surface area contributed by atoms with Gasteiger partial charge in [0.05, 0.1) is 6.54 Å². The highest BCUT2D eigenvalue weighted by molar-refractivity contribution is 6.30. The van der Waals surface area contributed by atoms with E-state index in [-0.39, 0.29) is 11.3 Å². The number of halogens is 1. The van der Waals surface area contributed by atoms with Crippen molar-refractivity contribution in [2.45, 2.75) is 37.6 Å². The molecule has 1 saturated carbocycles. The second-order valence-electron chi connectivity index (χ2n) is 6.24. The topological polar surface area (TPSA) is 59.8 Å². The monoisotopic (exact) mass is 344 g/mol. The van der Waals surface area contributed by atoms with E-state index in [2.05, 4.69) is 21.5 Å². The second-order valence-corrected chi connectivity index (χ2v) is 6.67. The van der Waals surface area contributed by atoms with Crippen molar-refractivity contribution in [1.29, 1.82) is 0 Å². The molecule has 1 fully saturated rings. The van der Waals surface area contributed by atoms with Crippen LogP contribution < -0.4 is 5.32 Å². The third-order valence-electron chi connectivity index (χ3n) is 4.63. The highest BCUT2D eigenvalue weighted by Crippen LogP contribution is 2.41. The number of amides is 1. The van der Waals surface area contributed by atoms with Gasteiger partial charge in [-0.3, -0.25) is 4.79 Å². The molecule has 1 aromatic heterocycles. The third kappa shape index (κ3) is 4.03. The maximum absolute atomic E-state index is 12.1. The number of hydrogen-bond acceptors (Lipinski definition) is 3. The van der Waals surface area contributed by atoms with Gasteiger partial charge < -0.3 is 5.32 Å². The van der Waals surface area contributed by atoms with Gasteiger partial charge in [-0.1, -0.05) is 42.7 Å². The number of rotatable bonds is 6. The predicted octanol–water partition coefficient (Wildman–Crippen LogP) is 3.12. The minimum absolute atomic E-state index is 0.000301. The Balaban J connectivity index is 1.60. The van der Waals surface area contributed by atoms with Gasteiger partial charge in [0.2, 0.25) is 5.91 Å². The van der Waals surface area contributed by atoms with E-state index in [1.54, 1.807) is 23.2 Å². The molecule has 126 valence electrons. The van der Waals surface area contributed by atoms with Crippen molar-refractivity contribution < 1.29 is 4.79 Å². The normalized spacial score (nSPS) is 16.5. The molecule has 0 unspecified atom stereocenters. The summed E-state index contributed by atoms with van der Waals surface area (Å²) >= 11 is 6.15. The van der Waals surface area contributed by atoms with Crippen LogP contribution in [0.25, 0.3) is 0 Å². The molecule has 0 spiro atoms. The van der Waals surface area contributed by atoms with Crippen molar-refractivity contribution >= 4 is 17.5 Å². The Morgan fingerprint density at radius 1 is 1.38 bits per heavy atom. The van der Waals surface area contributed by atoms with Crippen LogP contribution in [0.2, 0.25) is 5.02 Å². The Morgan fingerprint density at radius 3 is 2.92 bits per heavy atom. The second kappa shape index (κ2) is 7.62. The summed E-state index contributed by atoms with van der Waals surface area (Å²) in [5, 5.41) is 7.79. The average Bonchev–Trinajstić information content (AvgIpc) is 3.25. The maximum atomic E-state index is 12.1. The molecule has 1 aliphatic carbocycles. The molecule has 1 N–H and O–H groups in total. The number of hydrogen-bond donors (Lipinski definition) is 1. The van der Waals surface area contributed by atoms with Gasteiger partial charge in [0.25, 0.3) is 0 Å². The lowest BCUT2D eigenvalue weighted by Gasteiger charge is -2.30. The SMILES string of the molecule is O=C(C=CCn1cncn1)NCC1(c2cccc(Cl)c2)CCCC1. The van der Waals surface area contributed by atoms with E-state index in [9.17, 15) is 4.79 Å². The standard InChI is InChI=1S/C18H21ClN4O/c19-16-6-3-5-15(11-16)18(8-1-2-9-18)12-21-17(24)7-4-10-23-14-20-13-22-23/h3-7,11,13-14H,1-2,8-10,12H2,(H,21,24). The van der Waals surface area contributed by atoms with Crippen LogP contribution in [0.15, 0.2) is 49.1 Å². The summed E-state index contributed by atoms with van der Waals surface area (Å²) in [4.78, 5) is 16.0. The molecule has 3 rings (SSSR count). The van der Waals surface area contributed by atoms with E-state index in [1.165, 1.54) is 24.7 Å². The Labute approximate surface area is 146 Å². The van der Waals surface area contributed by atoms with Gasteiger partial charge in [-0.05, 0) is 30.5 Å². The first-order chi connectivity index (χ1) is 11.7. The van der Waals surface area contributed by atoms with Gasteiger partial charge >= 0.3 is 0 Å². The van der Waals surface area contributed by atoms with Gasteiger partial charge in [0.1, 0.15) is 12.7 Å². The molecule has 0 bridgehead atoms. The van der Waals surface area contributed by atoms with Gasteiger partial charge in [-0.2, -0.15) is 5.10 Å². The summed E-state index contributed by atoms with van der Waals surface area (Å²) in [5.74, 6) is -0.0802. The van der Waals surface area contributed by atoms with Crippen LogP contribution in [0.3, 0.4) is 0 Å². The Bertz CT molecular complexity index is 706. The van der Waals surface area contributed by atoms with Crippen LogP contribution in [0, 0.1) is 0 Å². The van der Waals surface area contributed by atoms with Crippen LogP contribution >= 0.6 is 11.6 Å². The van der Waals surface area contributed by atoms with Gasteiger partial charge in [-0.25, -0.2) is 9.67 Å². The fraction of sp³-hybridized carbons (Fsp3) is 0.389. The summed E-state index contributed by atoms with van der Waals surface area (Å²) in [6, 6.07) is 8.01. The van der Waals surface area contributed by atoms with E-state index in [4.69, 9.17) is 11.6 Å². The zero-order chi connectivity index (χ0) is 16.8. The number of aromatic nitrogens is 3. The van der Waals surface area contributed by atoms with E-state index >= 15 is 0 Å². The first-order valence-electron chi connectivity index (χ1n) is 8.21. The fourth-order valence-electron chi connectivity index (χ4n) is 3.35. The Hall–Kier alpha value is -2.14. The van der Waals surface area contributed by atoms with Crippen molar-refractivity contribution in [1.82, 2.24) is 20.1 Å². The lowest BCUT2D eigenvalue weighted by Crippen LogP contribution is -2.38. The quantitative estimate of drug-likeness (QED) is 0.819. The van der Waals surface area contributed by atoms with E-state index in [0.29, 0.717) is 13.1 Å². The van der Waals surface area contributed by atoms with Gasteiger partial charge in [0.15, 0.2) is 0 Å². The molecule has 5 nitrogen and oxygen atoms in total. The molecule has 0 radical (unpaired) electrons. The maximum Gasteiger partial charge on any atom is 0.243 e. The number of nitrogens with zero attached hydrogens (tertiary/aromatic N) is 3. The van der Waals surface area contributed by atoms with Crippen molar-refractivity contribution in [3.8, 4) is 0 Å². The number of carbonyl (C=O) groups excluding carboxylic acids is 1. The molecule has 24 heavy (non-hydrogen) atoms. The predicted molar refractivity (Wildman–Crippen MR) is 93.8 cm³/mol. The zero-order valence-corrected chi connectivity index (χ0v) is 14.2. The number of allylic oxidation sites excluding steroid dienone is 1. The van der Waals surface area contributed by atoms with Gasteiger partial charge in [-0.15, -0.1) is 0 Å². The summed E-state index contributed by atoms with van der Waals surface area (Å²) in [6.45, 7) is 1.17. The molecule has 1 aromatic carbocycles. The molecular weight excluding hydrogens is 324 g/mol. The molecule has 0 atom stereocenters. The first kappa shape index (κ1) is 16.7. The van der Waals surface area contributed by atoms with Crippen LogP contribution in [-0.2, 0) is 16.8 Å².